The molecule has 1 aliphatic rings. The summed E-state index contributed by atoms with van der Waals surface area (Å²) in [6, 6.07) is 13.8. The molecule has 0 saturated carbocycles. The Balaban J connectivity index is 1.55. The minimum absolute atomic E-state index is 0.185. The predicted molar refractivity (Wildman–Crippen MR) is 126 cm³/mol. The highest BCUT2D eigenvalue weighted by atomic mass is 35.5. The largest absolute Gasteiger partial charge is 0.340 e. The van der Waals surface area contributed by atoms with E-state index >= 15 is 0 Å². The predicted octanol–water partition coefficient (Wildman–Crippen LogP) is 4.25. The maximum atomic E-state index is 11.5. The summed E-state index contributed by atoms with van der Waals surface area (Å²) in [5.41, 5.74) is 5.91. The van der Waals surface area contributed by atoms with Crippen LogP contribution in [0, 0.1) is 6.92 Å². The van der Waals surface area contributed by atoms with Crippen LogP contribution >= 0.6 is 11.6 Å². The molecule has 3 aromatic rings. The Hall–Kier alpha value is -2.48. The molecule has 31 heavy (non-hydrogen) atoms. The first-order valence-electron chi connectivity index (χ1n) is 10.2. The highest BCUT2D eigenvalue weighted by molar-refractivity contribution is 7.90. The molecule has 0 fully saturated rings. The van der Waals surface area contributed by atoms with Crippen molar-refractivity contribution < 1.29 is 8.42 Å². The van der Waals surface area contributed by atoms with E-state index in [1.54, 1.807) is 6.20 Å². The van der Waals surface area contributed by atoms with Gasteiger partial charge in [-0.05, 0) is 54.3 Å². The van der Waals surface area contributed by atoms with Crippen LogP contribution in [0.15, 0.2) is 48.7 Å². The Morgan fingerprint density at radius 3 is 2.74 bits per heavy atom. The third-order valence-electron chi connectivity index (χ3n) is 5.39. The number of halogens is 1. The van der Waals surface area contributed by atoms with Gasteiger partial charge in [0, 0.05) is 37.8 Å². The lowest BCUT2D eigenvalue weighted by molar-refractivity contribution is 0.269. The van der Waals surface area contributed by atoms with Gasteiger partial charge >= 0.3 is 0 Å². The molecule has 0 atom stereocenters. The van der Waals surface area contributed by atoms with E-state index in [-0.39, 0.29) is 5.75 Å². The van der Waals surface area contributed by atoms with Gasteiger partial charge in [0.15, 0.2) is 0 Å². The smallest absolute Gasteiger partial charge is 0.148 e. The second-order valence-electron chi connectivity index (χ2n) is 7.97. The molecule has 2 aromatic heterocycles. The molecule has 6 nitrogen and oxygen atoms in total. The molecule has 1 aromatic carbocycles. The van der Waals surface area contributed by atoms with Gasteiger partial charge in [0.05, 0.1) is 16.5 Å². The van der Waals surface area contributed by atoms with Crippen LogP contribution in [0.4, 0.5) is 11.5 Å². The number of benzene rings is 1. The lowest BCUT2D eigenvalue weighted by atomic mass is 9.97. The third-order valence-corrected chi connectivity index (χ3v) is 6.62. The van der Waals surface area contributed by atoms with Gasteiger partial charge in [0.2, 0.25) is 0 Å². The first-order valence-corrected chi connectivity index (χ1v) is 12.6. The lowest BCUT2D eigenvalue weighted by Crippen LogP contribution is -2.34. The van der Waals surface area contributed by atoms with E-state index in [1.807, 2.05) is 43.3 Å². The summed E-state index contributed by atoms with van der Waals surface area (Å²) in [5, 5.41) is 3.99. The first kappa shape index (κ1) is 21.7. The molecule has 0 unspecified atom stereocenters. The van der Waals surface area contributed by atoms with Gasteiger partial charge in [-0.3, -0.25) is 9.88 Å². The van der Waals surface area contributed by atoms with Crippen molar-refractivity contribution in [2.75, 3.05) is 30.4 Å². The highest BCUT2D eigenvalue weighted by Crippen LogP contribution is 2.31. The number of aromatic nitrogens is 2. The van der Waals surface area contributed by atoms with E-state index in [4.69, 9.17) is 16.6 Å². The second-order valence-corrected chi connectivity index (χ2v) is 10.6. The van der Waals surface area contributed by atoms with Crippen molar-refractivity contribution in [1.82, 2.24) is 14.9 Å². The monoisotopic (exact) mass is 456 g/mol. The normalized spacial score (nSPS) is 14.3. The van der Waals surface area contributed by atoms with Gasteiger partial charge in [-0.25, -0.2) is 13.4 Å². The minimum Gasteiger partial charge on any atom is -0.340 e. The molecule has 4 rings (SSSR count). The average molecular weight is 457 g/mol. The molecular weight excluding hydrogens is 432 g/mol. The van der Waals surface area contributed by atoms with Crippen LogP contribution in [0.1, 0.15) is 16.7 Å². The molecule has 0 radical (unpaired) electrons. The van der Waals surface area contributed by atoms with Crippen LogP contribution in [0.2, 0.25) is 5.02 Å². The van der Waals surface area contributed by atoms with Crippen molar-refractivity contribution in [2.24, 2.45) is 0 Å². The van der Waals surface area contributed by atoms with Gasteiger partial charge in [-0.1, -0.05) is 29.8 Å². The zero-order chi connectivity index (χ0) is 22.0. The molecule has 0 spiro atoms. The number of fused-ring (bicyclic) bond motifs is 1. The summed E-state index contributed by atoms with van der Waals surface area (Å²) < 4.78 is 23.0. The van der Waals surface area contributed by atoms with Crippen molar-refractivity contribution in [3.05, 3.63) is 70.4 Å². The van der Waals surface area contributed by atoms with Crippen molar-refractivity contribution >= 4 is 32.9 Å². The fourth-order valence-electron chi connectivity index (χ4n) is 3.71. The zero-order valence-corrected chi connectivity index (χ0v) is 19.2. The number of pyridine rings is 2. The maximum absolute atomic E-state index is 11.5. The average Bonchev–Trinajstić information content (AvgIpc) is 2.74. The van der Waals surface area contributed by atoms with Crippen LogP contribution in [-0.2, 0) is 22.8 Å². The molecule has 0 amide bonds. The van der Waals surface area contributed by atoms with E-state index in [1.165, 1.54) is 17.4 Å². The Kier molecular flexibility index (Phi) is 6.27. The van der Waals surface area contributed by atoms with Crippen LogP contribution in [-0.4, -0.2) is 48.4 Å². The van der Waals surface area contributed by atoms with Gasteiger partial charge < -0.3 is 5.32 Å². The number of aryl methyl sites for hydroxylation is 1. The zero-order valence-electron chi connectivity index (χ0n) is 17.6. The van der Waals surface area contributed by atoms with Crippen molar-refractivity contribution in [3.8, 4) is 11.4 Å². The van der Waals surface area contributed by atoms with E-state index in [9.17, 15) is 8.42 Å². The topological polar surface area (TPSA) is 75.2 Å². The highest BCUT2D eigenvalue weighted by Gasteiger charge is 2.20. The number of sulfone groups is 1. The standard InChI is InChI=1S/C23H25ClN4O2S/c1-16-6-8-21(25-14-16)23-19(24)7-9-22(27-23)26-20-5-3-4-17-15-28(11-10-18(17)20)12-13-31(2,29)30/h3-9,14H,10-13,15H2,1-2H3,(H,26,27). The summed E-state index contributed by atoms with van der Waals surface area (Å²) in [6.07, 6.45) is 3.94. The summed E-state index contributed by atoms with van der Waals surface area (Å²) >= 11 is 6.39. The Bertz CT molecular complexity index is 1200. The second kappa shape index (κ2) is 8.94. The summed E-state index contributed by atoms with van der Waals surface area (Å²) in [4.78, 5) is 11.3. The number of hydrogen-bond donors (Lipinski definition) is 1. The number of anilines is 2. The number of rotatable bonds is 6. The van der Waals surface area contributed by atoms with Crippen molar-refractivity contribution in [3.63, 3.8) is 0 Å². The van der Waals surface area contributed by atoms with E-state index in [2.05, 4.69) is 21.3 Å². The molecular formula is C23H25ClN4O2S. The van der Waals surface area contributed by atoms with Crippen molar-refractivity contribution in [2.45, 2.75) is 19.9 Å². The molecule has 8 heteroatoms. The Morgan fingerprint density at radius 1 is 1.16 bits per heavy atom. The number of hydrogen-bond acceptors (Lipinski definition) is 6. The third kappa shape index (κ3) is 5.42. The Labute approximate surface area is 188 Å². The Morgan fingerprint density at radius 2 is 2.00 bits per heavy atom. The number of nitrogens with zero attached hydrogens (tertiary/aromatic N) is 3. The molecule has 3 heterocycles. The summed E-state index contributed by atoms with van der Waals surface area (Å²) in [7, 11) is -2.96. The quantitative estimate of drug-likeness (QED) is 0.597. The maximum Gasteiger partial charge on any atom is 0.148 e. The molecule has 0 aliphatic carbocycles. The summed E-state index contributed by atoms with van der Waals surface area (Å²) in [5.74, 6) is 0.889. The van der Waals surface area contributed by atoms with Crippen molar-refractivity contribution in [1.29, 1.82) is 0 Å². The van der Waals surface area contributed by atoms with Crippen LogP contribution in [0.25, 0.3) is 11.4 Å². The van der Waals surface area contributed by atoms with Gasteiger partial charge in [0.1, 0.15) is 21.3 Å². The van der Waals surface area contributed by atoms with E-state index < -0.39 is 9.84 Å². The van der Waals surface area contributed by atoms with E-state index in [0.717, 1.165) is 36.5 Å². The summed E-state index contributed by atoms with van der Waals surface area (Å²) in [6.45, 7) is 4.12. The lowest BCUT2D eigenvalue weighted by Gasteiger charge is -2.30. The molecule has 0 bridgehead atoms. The minimum atomic E-state index is -2.96. The van der Waals surface area contributed by atoms with Gasteiger partial charge in [-0.15, -0.1) is 0 Å². The molecule has 1 aliphatic heterocycles. The van der Waals surface area contributed by atoms with Crippen LogP contribution in [0.5, 0.6) is 0 Å². The van der Waals surface area contributed by atoms with Crippen LogP contribution in [0.3, 0.4) is 0 Å². The molecule has 1 N–H and O–H groups in total. The molecule has 0 saturated heterocycles. The first-order chi connectivity index (χ1) is 14.8. The SMILES string of the molecule is Cc1ccc(-c2nc(Nc3cccc4c3CCN(CCS(C)(=O)=O)C4)ccc2Cl)nc1. The van der Waals surface area contributed by atoms with Gasteiger partial charge in [0.25, 0.3) is 0 Å². The molecule has 162 valence electrons. The van der Waals surface area contributed by atoms with E-state index in [0.29, 0.717) is 23.1 Å². The fraction of sp³-hybridized carbons (Fsp3) is 0.304. The fourth-order valence-corrected chi connectivity index (χ4v) is 4.50. The van der Waals surface area contributed by atoms with Gasteiger partial charge in [-0.2, -0.15) is 0 Å². The number of nitrogens with one attached hydrogen (secondary N) is 1. The van der Waals surface area contributed by atoms with Crippen LogP contribution < -0.4 is 5.32 Å².